The van der Waals surface area contributed by atoms with E-state index in [0.717, 1.165) is 12.0 Å². The lowest BCUT2D eigenvalue weighted by Crippen LogP contribution is -2.31. The van der Waals surface area contributed by atoms with Gasteiger partial charge >= 0.3 is 5.97 Å². The van der Waals surface area contributed by atoms with E-state index in [1.807, 2.05) is 13.8 Å². The zero-order chi connectivity index (χ0) is 15.8. The van der Waals surface area contributed by atoms with Crippen LogP contribution in [0.5, 0.6) is 0 Å². The molecule has 1 atom stereocenters. The van der Waals surface area contributed by atoms with Crippen molar-refractivity contribution in [3.8, 4) is 0 Å². The van der Waals surface area contributed by atoms with Crippen LogP contribution in [0, 0.1) is 11.8 Å². The van der Waals surface area contributed by atoms with Gasteiger partial charge in [0.25, 0.3) is 5.91 Å². The van der Waals surface area contributed by atoms with Gasteiger partial charge in [0.15, 0.2) is 0 Å². The van der Waals surface area contributed by atoms with Crippen LogP contribution in [0.3, 0.4) is 0 Å². The Kier molecular flexibility index (Phi) is 6.88. The Labute approximate surface area is 125 Å². The number of aliphatic hydroxyl groups excluding tert-OH is 1. The summed E-state index contributed by atoms with van der Waals surface area (Å²) in [6.07, 6.45) is 0.817. The molecule has 0 unspecified atom stereocenters. The van der Waals surface area contributed by atoms with Gasteiger partial charge in [0, 0.05) is 18.5 Å². The first-order valence-electron chi connectivity index (χ1n) is 7.12. The quantitative estimate of drug-likeness (QED) is 0.684. The molecular formula is C16H23NO4. The fourth-order valence-electron chi connectivity index (χ4n) is 2.25. The van der Waals surface area contributed by atoms with Crippen molar-refractivity contribution < 1.29 is 19.8 Å². The number of aliphatic hydroxyl groups is 1. The molecule has 5 nitrogen and oxygen atoms in total. The highest BCUT2D eigenvalue weighted by molar-refractivity contribution is 5.94. The number of aliphatic carboxylic acids is 1. The van der Waals surface area contributed by atoms with E-state index < -0.39 is 5.97 Å². The van der Waals surface area contributed by atoms with Crippen LogP contribution >= 0.6 is 0 Å². The van der Waals surface area contributed by atoms with E-state index in [2.05, 4.69) is 5.32 Å². The molecule has 0 aliphatic carbocycles. The molecule has 0 fully saturated rings. The van der Waals surface area contributed by atoms with Gasteiger partial charge < -0.3 is 15.5 Å². The highest BCUT2D eigenvalue weighted by atomic mass is 16.4. The highest BCUT2D eigenvalue weighted by Gasteiger charge is 2.16. The summed E-state index contributed by atoms with van der Waals surface area (Å²) in [5.41, 5.74) is 1.25. The monoisotopic (exact) mass is 293 g/mol. The van der Waals surface area contributed by atoms with Gasteiger partial charge in [0.2, 0.25) is 0 Å². The van der Waals surface area contributed by atoms with Crippen LogP contribution in [0.4, 0.5) is 0 Å². The molecule has 0 aliphatic rings. The number of carboxylic acid groups (broad SMARTS) is 1. The number of hydrogen-bond donors (Lipinski definition) is 3. The third kappa shape index (κ3) is 6.40. The molecule has 0 saturated carbocycles. The van der Waals surface area contributed by atoms with E-state index in [9.17, 15) is 9.59 Å². The van der Waals surface area contributed by atoms with Crippen LogP contribution in [0.15, 0.2) is 24.3 Å². The number of amides is 1. The third-order valence-electron chi connectivity index (χ3n) is 3.22. The van der Waals surface area contributed by atoms with Crippen LogP contribution in [-0.4, -0.2) is 28.6 Å². The molecule has 0 aliphatic heterocycles. The lowest BCUT2D eigenvalue weighted by Gasteiger charge is -2.17. The smallest absolute Gasteiger partial charge is 0.303 e. The number of hydrogen-bond acceptors (Lipinski definition) is 3. The molecule has 1 rings (SSSR count). The average molecular weight is 293 g/mol. The second-order valence-corrected chi connectivity index (χ2v) is 5.66. The molecule has 1 aromatic rings. The highest BCUT2D eigenvalue weighted by Crippen LogP contribution is 2.15. The maximum atomic E-state index is 12.0. The van der Waals surface area contributed by atoms with Crippen LogP contribution < -0.4 is 5.32 Å². The zero-order valence-electron chi connectivity index (χ0n) is 12.5. The molecular weight excluding hydrogens is 270 g/mol. The summed E-state index contributed by atoms with van der Waals surface area (Å²) in [7, 11) is 0. The summed E-state index contributed by atoms with van der Waals surface area (Å²) in [5, 5.41) is 20.6. The predicted molar refractivity (Wildman–Crippen MR) is 79.9 cm³/mol. The van der Waals surface area contributed by atoms with Crippen molar-refractivity contribution in [1.82, 2.24) is 5.32 Å². The van der Waals surface area contributed by atoms with Gasteiger partial charge in [-0.25, -0.2) is 0 Å². The van der Waals surface area contributed by atoms with Gasteiger partial charge in [0.1, 0.15) is 0 Å². The van der Waals surface area contributed by atoms with E-state index in [1.165, 1.54) is 0 Å². The average Bonchev–Trinajstić information content (AvgIpc) is 2.43. The molecule has 0 saturated heterocycles. The molecule has 0 aromatic heterocycles. The summed E-state index contributed by atoms with van der Waals surface area (Å²) in [5.74, 6) is -0.751. The van der Waals surface area contributed by atoms with Gasteiger partial charge in [-0.05, 0) is 36.0 Å². The van der Waals surface area contributed by atoms with Gasteiger partial charge in [-0.3, -0.25) is 9.59 Å². The number of nitrogens with one attached hydrogen (secondary N) is 1. The van der Waals surface area contributed by atoms with Crippen molar-refractivity contribution >= 4 is 11.9 Å². The molecule has 0 radical (unpaired) electrons. The topological polar surface area (TPSA) is 86.6 Å². The van der Waals surface area contributed by atoms with Crippen molar-refractivity contribution in [2.24, 2.45) is 11.8 Å². The second kappa shape index (κ2) is 8.42. The maximum absolute atomic E-state index is 12.0. The molecule has 21 heavy (non-hydrogen) atoms. The SMILES string of the molecule is CC(C)C[C@H](CNC(=O)c1ccc(CO)cc1)CC(=O)O. The summed E-state index contributed by atoms with van der Waals surface area (Å²) in [4.78, 5) is 22.8. The molecule has 0 spiro atoms. The van der Waals surface area contributed by atoms with Crippen molar-refractivity contribution in [2.75, 3.05) is 6.54 Å². The van der Waals surface area contributed by atoms with E-state index in [-0.39, 0.29) is 24.9 Å². The first kappa shape index (κ1) is 17.2. The van der Waals surface area contributed by atoms with E-state index >= 15 is 0 Å². The van der Waals surface area contributed by atoms with E-state index in [4.69, 9.17) is 10.2 Å². The van der Waals surface area contributed by atoms with Crippen LogP contribution in [0.25, 0.3) is 0 Å². The maximum Gasteiger partial charge on any atom is 0.303 e. The largest absolute Gasteiger partial charge is 0.481 e. The Balaban J connectivity index is 2.56. The number of rotatable bonds is 8. The molecule has 1 aromatic carbocycles. The standard InChI is InChI=1S/C16H23NO4/c1-11(2)7-13(8-15(19)20)9-17-16(21)14-5-3-12(10-18)4-6-14/h3-6,11,13,18H,7-10H2,1-2H3,(H,17,21)(H,19,20)/t13-/m0/s1. The van der Waals surface area contributed by atoms with E-state index in [1.54, 1.807) is 24.3 Å². The van der Waals surface area contributed by atoms with Gasteiger partial charge in [0.05, 0.1) is 6.61 Å². The minimum absolute atomic E-state index is 0.0575. The second-order valence-electron chi connectivity index (χ2n) is 5.66. The van der Waals surface area contributed by atoms with Gasteiger partial charge in [-0.1, -0.05) is 26.0 Å². The van der Waals surface area contributed by atoms with Crippen molar-refractivity contribution in [3.05, 3.63) is 35.4 Å². The van der Waals surface area contributed by atoms with Crippen LogP contribution in [-0.2, 0) is 11.4 Å². The van der Waals surface area contributed by atoms with Crippen molar-refractivity contribution in [3.63, 3.8) is 0 Å². The van der Waals surface area contributed by atoms with E-state index in [0.29, 0.717) is 18.0 Å². The lowest BCUT2D eigenvalue weighted by molar-refractivity contribution is -0.138. The predicted octanol–water partition coefficient (Wildman–Crippen LogP) is 2.05. The lowest BCUT2D eigenvalue weighted by atomic mass is 9.94. The minimum atomic E-state index is -0.845. The fraction of sp³-hybridized carbons (Fsp3) is 0.500. The Hall–Kier alpha value is -1.88. The number of benzene rings is 1. The van der Waals surface area contributed by atoms with Crippen molar-refractivity contribution in [1.29, 1.82) is 0 Å². The first-order chi connectivity index (χ1) is 9.92. The Morgan fingerprint density at radius 3 is 2.29 bits per heavy atom. The molecule has 1 amide bonds. The van der Waals surface area contributed by atoms with Gasteiger partial charge in [-0.2, -0.15) is 0 Å². The summed E-state index contributed by atoms with van der Waals surface area (Å²) >= 11 is 0. The Bertz CT molecular complexity index is 468. The van der Waals surface area contributed by atoms with Crippen LogP contribution in [0.1, 0.15) is 42.6 Å². The zero-order valence-corrected chi connectivity index (χ0v) is 12.5. The Morgan fingerprint density at radius 2 is 1.81 bits per heavy atom. The molecule has 3 N–H and O–H groups in total. The summed E-state index contributed by atoms with van der Waals surface area (Å²) in [6.45, 7) is 4.36. The van der Waals surface area contributed by atoms with Gasteiger partial charge in [-0.15, -0.1) is 0 Å². The van der Waals surface area contributed by atoms with Crippen LogP contribution in [0.2, 0.25) is 0 Å². The molecule has 0 bridgehead atoms. The third-order valence-corrected chi connectivity index (χ3v) is 3.22. The first-order valence-corrected chi connectivity index (χ1v) is 7.12. The summed E-state index contributed by atoms with van der Waals surface area (Å²) < 4.78 is 0. The Morgan fingerprint density at radius 1 is 1.19 bits per heavy atom. The minimum Gasteiger partial charge on any atom is -0.481 e. The number of carboxylic acids is 1. The molecule has 5 heteroatoms. The number of carbonyl (C=O) groups excluding carboxylic acids is 1. The molecule has 0 heterocycles. The fourth-order valence-corrected chi connectivity index (χ4v) is 2.25. The molecule has 116 valence electrons. The summed E-state index contributed by atoms with van der Waals surface area (Å²) in [6, 6.07) is 6.68. The number of carbonyl (C=O) groups is 2. The normalized spacial score (nSPS) is 12.2. The van der Waals surface area contributed by atoms with Crippen molar-refractivity contribution in [2.45, 2.75) is 33.3 Å².